The number of aromatic nitrogens is 1. The number of ether oxygens (including phenoxy) is 1. The number of benzene rings is 1. The lowest BCUT2D eigenvalue weighted by molar-refractivity contribution is -0.142. The Hall–Kier alpha value is -2.35. The molecule has 0 fully saturated rings. The number of hydrogen-bond acceptors (Lipinski definition) is 4. The number of carbonyl (C=O) groups is 2. The molecule has 0 spiro atoms. The summed E-state index contributed by atoms with van der Waals surface area (Å²) >= 11 is 7.37. The zero-order valence-electron chi connectivity index (χ0n) is 14.2. The maximum atomic E-state index is 12.7. The van der Waals surface area contributed by atoms with Crippen molar-refractivity contribution in [1.82, 2.24) is 10.3 Å². The highest BCUT2D eigenvalue weighted by molar-refractivity contribution is 7.22. The number of nitrogens with one attached hydrogen (secondary N) is 2. The molecule has 6 nitrogen and oxygen atoms in total. The zero-order chi connectivity index (χ0) is 19.0. The molecule has 2 heterocycles. The van der Waals surface area contributed by atoms with Crippen molar-refractivity contribution < 1.29 is 19.4 Å². The highest BCUT2D eigenvalue weighted by Crippen LogP contribution is 2.34. The van der Waals surface area contributed by atoms with E-state index in [1.54, 1.807) is 6.07 Å². The topological polar surface area (TPSA) is 91.4 Å². The number of fused-ring (bicyclic) bond motifs is 2. The number of rotatable bonds is 6. The molecular weight excluding hydrogens is 388 g/mol. The molecule has 0 radical (unpaired) electrons. The predicted molar refractivity (Wildman–Crippen MR) is 104 cm³/mol. The van der Waals surface area contributed by atoms with Crippen LogP contribution in [0.4, 0.5) is 0 Å². The van der Waals surface area contributed by atoms with Gasteiger partial charge in [-0.2, -0.15) is 0 Å². The number of carboxylic acid groups (broad SMARTS) is 1. The van der Waals surface area contributed by atoms with Crippen LogP contribution in [0.25, 0.3) is 10.2 Å². The normalized spacial score (nSPS) is 18.6. The quantitative estimate of drug-likeness (QED) is 0.587. The van der Waals surface area contributed by atoms with Crippen LogP contribution in [0.15, 0.2) is 36.4 Å². The van der Waals surface area contributed by atoms with Gasteiger partial charge in [-0.15, -0.1) is 11.3 Å². The van der Waals surface area contributed by atoms with Gasteiger partial charge in [0.1, 0.15) is 17.1 Å². The Balaban J connectivity index is 1.51. The molecule has 3 aromatic rings. The van der Waals surface area contributed by atoms with Crippen molar-refractivity contribution in [3.05, 3.63) is 57.6 Å². The van der Waals surface area contributed by atoms with Crippen LogP contribution in [-0.4, -0.2) is 41.2 Å². The summed E-state index contributed by atoms with van der Waals surface area (Å²) in [6.45, 7) is -0.114. The number of aromatic amines is 1. The third-order valence-corrected chi connectivity index (χ3v) is 5.94. The molecule has 4 rings (SSSR count). The summed E-state index contributed by atoms with van der Waals surface area (Å²) in [5.74, 6) is -1.29. The van der Waals surface area contributed by atoms with E-state index in [1.807, 2.05) is 30.3 Å². The first kappa shape index (κ1) is 18.0. The Morgan fingerprint density at radius 1 is 1.33 bits per heavy atom. The molecule has 8 heteroatoms. The molecule has 1 aliphatic rings. The van der Waals surface area contributed by atoms with E-state index in [4.69, 9.17) is 21.4 Å². The first-order valence-electron chi connectivity index (χ1n) is 8.47. The third kappa shape index (κ3) is 3.71. The van der Waals surface area contributed by atoms with Gasteiger partial charge in [-0.25, -0.2) is 4.79 Å². The van der Waals surface area contributed by atoms with Gasteiger partial charge in [-0.3, -0.25) is 4.79 Å². The van der Waals surface area contributed by atoms with Crippen molar-refractivity contribution in [2.24, 2.45) is 0 Å². The molecule has 140 valence electrons. The monoisotopic (exact) mass is 404 g/mol. The van der Waals surface area contributed by atoms with Gasteiger partial charge in [0.05, 0.1) is 10.9 Å². The van der Waals surface area contributed by atoms with Crippen molar-refractivity contribution in [3.63, 3.8) is 0 Å². The summed E-state index contributed by atoms with van der Waals surface area (Å²) in [6.07, 6.45) is 0.684. The van der Waals surface area contributed by atoms with Crippen LogP contribution >= 0.6 is 22.9 Å². The van der Waals surface area contributed by atoms with Gasteiger partial charge < -0.3 is 20.1 Å². The second kappa shape index (κ2) is 7.34. The van der Waals surface area contributed by atoms with Gasteiger partial charge in [0, 0.05) is 17.3 Å². The molecule has 3 N–H and O–H groups in total. The number of H-pyrrole nitrogens is 1. The number of halogens is 1. The smallest absolute Gasteiger partial charge is 0.329 e. The first-order valence-corrected chi connectivity index (χ1v) is 9.67. The fourth-order valence-electron chi connectivity index (χ4n) is 3.57. The number of hydrogen-bond donors (Lipinski definition) is 3. The van der Waals surface area contributed by atoms with E-state index < -0.39 is 5.97 Å². The number of carboxylic acids is 1. The van der Waals surface area contributed by atoms with E-state index in [2.05, 4.69) is 10.3 Å². The summed E-state index contributed by atoms with van der Waals surface area (Å²) < 4.78 is 6.00. The lowest BCUT2D eigenvalue weighted by Gasteiger charge is -2.21. The van der Waals surface area contributed by atoms with Crippen molar-refractivity contribution in [2.75, 3.05) is 13.2 Å². The van der Waals surface area contributed by atoms with E-state index in [0.29, 0.717) is 16.5 Å². The molecule has 2 atom stereocenters. The molecule has 0 bridgehead atoms. The van der Waals surface area contributed by atoms with E-state index in [-0.39, 0.29) is 31.1 Å². The molecule has 1 aliphatic carbocycles. The van der Waals surface area contributed by atoms with E-state index in [0.717, 1.165) is 21.3 Å². The largest absolute Gasteiger partial charge is 0.480 e. The van der Waals surface area contributed by atoms with Crippen LogP contribution in [0.1, 0.15) is 27.5 Å². The van der Waals surface area contributed by atoms with Crippen LogP contribution in [0.5, 0.6) is 0 Å². The zero-order valence-corrected chi connectivity index (χ0v) is 15.8. The van der Waals surface area contributed by atoms with Crippen LogP contribution < -0.4 is 5.32 Å². The number of amides is 1. The van der Waals surface area contributed by atoms with E-state index in [1.165, 1.54) is 11.3 Å². The molecular formula is C19H17ClN2O4S. The summed E-state index contributed by atoms with van der Waals surface area (Å²) in [7, 11) is 0. The van der Waals surface area contributed by atoms with Gasteiger partial charge >= 0.3 is 5.97 Å². The second-order valence-corrected chi connectivity index (χ2v) is 8.20. The number of carbonyl (C=O) groups excluding carboxylic acids is 1. The van der Waals surface area contributed by atoms with Crippen LogP contribution in [0, 0.1) is 0 Å². The average Bonchev–Trinajstić information content (AvgIpc) is 3.26. The molecule has 27 heavy (non-hydrogen) atoms. The summed E-state index contributed by atoms with van der Waals surface area (Å²) in [5, 5.41) is 12.8. The van der Waals surface area contributed by atoms with Gasteiger partial charge in [-0.05, 0) is 29.7 Å². The molecule has 2 aromatic heterocycles. The van der Waals surface area contributed by atoms with Crippen molar-refractivity contribution in [3.8, 4) is 0 Å². The predicted octanol–water partition coefficient (Wildman–Crippen LogP) is 3.42. The van der Waals surface area contributed by atoms with Crippen molar-refractivity contribution in [1.29, 1.82) is 0 Å². The summed E-state index contributed by atoms with van der Waals surface area (Å²) in [6, 6.07) is 11.4. The molecule has 1 unspecified atom stereocenters. The summed E-state index contributed by atoms with van der Waals surface area (Å²) in [5.41, 5.74) is 2.72. The maximum Gasteiger partial charge on any atom is 0.329 e. The molecule has 1 amide bonds. The van der Waals surface area contributed by atoms with Crippen LogP contribution in [0.2, 0.25) is 4.34 Å². The number of thiophene rings is 1. The lowest BCUT2D eigenvalue weighted by atomic mass is 9.99. The molecule has 0 saturated heterocycles. The minimum absolute atomic E-state index is 0.0879. The van der Waals surface area contributed by atoms with Crippen LogP contribution in [-0.2, 0) is 16.0 Å². The molecule has 0 saturated carbocycles. The fraction of sp³-hybridized carbons (Fsp3) is 0.263. The Kier molecular flexibility index (Phi) is 4.90. The van der Waals surface area contributed by atoms with Crippen molar-refractivity contribution in [2.45, 2.75) is 18.4 Å². The first-order chi connectivity index (χ1) is 13.0. The summed E-state index contributed by atoms with van der Waals surface area (Å²) in [4.78, 5) is 27.4. The number of aliphatic carboxylic acids is 1. The maximum absolute atomic E-state index is 12.7. The SMILES string of the molecule is O=C(O)COC[C@@H]1c2ccccc2CC1NC(=O)c1cc2cc(Cl)sc2[nH]1. The lowest BCUT2D eigenvalue weighted by Crippen LogP contribution is -2.39. The van der Waals surface area contributed by atoms with Gasteiger partial charge in [0.2, 0.25) is 0 Å². The van der Waals surface area contributed by atoms with E-state index >= 15 is 0 Å². The highest BCUT2D eigenvalue weighted by atomic mass is 35.5. The average molecular weight is 405 g/mol. The Labute approximate surface area is 164 Å². The Morgan fingerprint density at radius 2 is 2.15 bits per heavy atom. The third-order valence-electron chi connectivity index (χ3n) is 4.74. The van der Waals surface area contributed by atoms with Crippen LogP contribution in [0.3, 0.4) is 0 Å². The van der Waals surface area contributed by atoms with Gasteiger partial charge in [0.15, 0.2) is 0 Å². The fourth-order valence-corrected chi connectivity index (χ4v) is 4.70. The second-order valence-electron chi connectivity index (χ2n) is 6.52. The van der Waals surface area contributed by atoms with Gasteiger partial charge in [0.25, 0.3) is 5.91 Å². The standard InChI is InChI=1S/C19H17ClN2O4S/c20-16-7-11-6-15(22-19(11)27-16)18(25)21-14-5-10-3-1-2-4-12(10)13(14)8-26-9-17(23)24/h1-4,6-7,13-14,22H,5,8-9H2,(H,21,25)(H,23,24)/t13-,14?/m1/s1. The Morgan fingerprint density at radius 3 is 2.93 bits per heavy atom. The molecule has 0 aliphatic heterocycles. The highest BCUT2D eigenvalue weighted by Gasteiger charge is 2.34. The van der Waals surface area contributed by atoms with Crippen molar-refractivity contribution >= 4 is 45.0 Å². The minimum atomic E-state index is -1.01. The van der Waals surface area contributed by atoms with Gasteiger partial charge in [-0.1, -0.05) is 35.9 Å². The minimum Gasteiger partial charge on any atom is -0.480 e. The Bertz CT molecular complexity index is 981. The van der Waals surface area contributed by atoms with E-state index in [9.17, 15) is 9.59 Å². The molecule has 1 aromatic carbocycles.